The van der Waals surface area contributed by atoms with Crippen LogP contribution < -0.4 is 5.32 Å². The molecule has 0 spiro atoms. The molecule has 1 aliphatic heterocycles. The van der Waals surface area contributed by atoms with Gasteiger partial charge in [0.25, 0.3) is 0 Å². The topological polar surface area (TPSA) is 35.5 Å². The highest BCUT2D eigenvalue weighted by Crippen LogP contribution is 2.41. The van der Waals surface area contributed by atoms with Crippen molar-refractivity contribution in [3.05, 3.63) is 65.2 Å². The van der Waals surface area contributed by atoms with Crippen molar-refractivity contribution in [1.82, 2.24) is 4.90 Å². The van der Waals surface area contributed by atoms with E-state index in [0.717, 1.165) is 42.4 Å². The van der Waals surface area contributed by atoms with Gasteiger partial charge in [-0.2, -0.15) is 13.2 Å². The molecule has 2 atom stereocenters. The third-order valence-corrected chi connectivity index (χ3v) is 5.54. The summed E-state index contributed by atoms with van der Waals surface area (Å²) in [5.74, 6) is 0.172. The van der Waals surface area contributed by atoms with Crippen molar-refractivity contribution < 1.29 is 18.3 Å². The molecule has 1 heterocycles. The van der Waals surface area contributed by atoms with E-state index in [4.69, 9.17) is 0 Å². The molecule has 0 radical (unpaired) electrons. The van der Waals surface area contributed by atoms with Crippen LogP contribution in [0.15, 0.2) is 48.5 Å². The van der Waals surface area contributed by atoms with Gasteiger partial charge in [0.05, 0.1) is 18.2 Å². The zero-order chi connectivity index (χ0) is 20.1. The molecule has 0 aliphatic carbocycles. The van der Waals surface area contributed by atoms with Crippen LogP contribution >= 0.6 is 0 Å². The van der Waals surface area contributed by atoms with Gasteiger partial charge in [0.1, 0.15) is 0 Å². The van der Waals surface area contributed by atoms with Gasteiger partial charge in [0.2, 0.25) is 0 Å². The smallest absolute Gasteiger partial charge is 0.395 e. The predicted molar refractivity (Wildman–Crippen MR) is 105 cm³/mol. The molecule has 0 amide bonds. The normalized spacial score (nSPS) is 19.4. The Morgan fingerprint density at radius 2 is 1.86 bits per heavy atom. The molecule has 2 unspecified atom stereocenters. The third-order valence-electron chi connectivity index (χ3n) is 5.54. The van der Waals surface area contributed by atoms with Crippen LogP contribution in [-0.4, -0.2) is 36.2 Å². The molecular formula is C22H27F3N2O. The first kappa shape index (κ1) is 20.7. The van der Waals surface area contributed by atoms with Crippen LogP contribution in [0.3, 0.4) is 0 Å². The summed E-state index contributed by atoms with van der Waals surface area (Å²) in [5.41, 5.74) is 2.04. The summed E-state index contributed by atoms with van der Waals surface area (Å²) in [6, 6.07) is 14.1. The largest absolute Gasteiger partial charge is 0.416 e. The van der Waals surface area contributed by atoms with E-state index in [9.17, 15) is 18.3 Å². The van der Waals surface area contributed by atoms with Gasteiger partial charge in [0, 0.05) is 12.2 Å². The minimum Gasteiger partial charge on any atom is -0.395 e. The highest BCUT2D eigenvalue weighted by Gasteiger charge is 2.34. The van der Waals surface area contributed by atoms with Crippen LogP contribution in [0.4, 0.5) is 18.9 Å². The monoisotopic (exact) mass is 392 g/mol. The van der Waals surface area contributed by atoms with E-state index in [0.29, 0.717) is 13.0 Å². The summed E-state index contributed by atoms with van der Waals surface area (Å²) in [4.78, 5) is 2.17. The van der Waals surface area contributed by atoms with Crippen molar-refractivity contribution in [2.75, 3.05) is 31.6 Å². The van der Waals surface area contributed by atoms with E-state index in [2.05, 4.69) is 22.3 Å². The number of aliphatic hydroxyl groups excluding tert-OH is 1. The maximum atomic E-state index is 13.1. The molecular weight excluding hydrogens is 365 g/mol. The lowest BCUT2D eigenvalue weighted by molar-refractivity contribution is -0.137. The first-order valence-electron chi connectivity index (χ1n) is 9.77. The number of fused-ring (bicyclic) bond motifs is 1. The SMILES string of the molecule is CCN(CCO)CCC1Cc2cc(C(F)(F)F)ccc2NC1c1ccccc1. The zero-order valence-electron chi connectivity index (χ0n) is 16.0. The second kappa shape index (κ2) is 8.97. The molecule has 1 aliphatic rings. The van der Waals surface area contributed by atoms with E-state index < -0.39 is 11.7 Å². The summed E-state index contributed by atoms with van der Waals surface area (Å²) in [5, 5.41) is 12.7. The number of nitrogens with zero attached hydrogens (tertiary/aromatic N) is 1. The lowest BCUT2D eigenvalue weighted by Gasteiger charge is -2.36. The highest BCUT2D eigenvalue weighted by molar-refractivity contribution is 5.57. The Hall–Kier alpha value is -2.05. The van der Waals surface area contributed by atoms with Crippen LogP contribution in [0.5, 0.6) is 0 Å². The van der Waals surface area contributed by atoms with Gasteiger partial charge in [0.15, 0.2) is 0 Å². The number of likely N-dealkylation sites (N-methyl/N-ethyl adjacent to an activating group) is 1. The Balaban J connectivity index is 1.86. The predicted octanol–water partition coefficient (Wildman–Crippen LogP) is 4.74. The second-order valence-electron chi connectivity index (χ2n) is 7.31. The Labute approximate surface area is 164 Å². The Morgan fingerprint density at radius 1 is 1.11 bits per heavy atom. The number of alkyl halides is 3. The summed E-state index contributed by atoms with van der Waals surface area (Å²) in [6.07, 6.45) is -2.89. The fraction of sp³-hybridized carbons (Fsp3) is 0.455. The van der Waals surface area contributed by atoms with Gasteiger partial charge in [-0.3, -0.25) is 0 Å². The Morgan fingerprint density at radius 3 is 2.50 bits per heavy atom. The number of benzene rings is 2. The highest BCUT2D eigenvalue weighted by atomic mass is 19.4. The molecule has 6 heteroatoms. The van der Waals surface area contributed by atoms with E-state index in [1.54, 1.807) is 6.07 Å². The van der Waals surface area contributed by atoms with Gasteiger partial charge in [-0.15, -0.1) is 0 Å². The zero-order valence-corrected chi connectivity index (χ0v) is 16.0. The molecule has 0 bridgehead atoms. The standard InChI is InChI=1S/C22H27F3N2O/c1-2-27(12-13-28)11-10-17-14-18-15-19(22(23,24)25)8-9-20(18)26-21(17)16-6-4-3-5-7-16/h3-9,15,17,21,26,28H,2,10-14H2,1H3. The molecule has 2 aromatic carbocycles. The van der Waals surface area contributed by atoms with Gasteiger partial charge in [-0.05, 0) is 61.2 Å². The number of halogens is 3. The van der Waals surface area contributed by atoms with Crippen molar-refractivity contribution in [2.24, 2.45) is 5.92 Å². The maximum Gasteiger partial charge on any atom is 0.416 e. The number of anilines is 1. The number of nitrogens with one attached hydrogen (secondary N) is 1. The van der Waals surface area contributed by atoms with Crippen LogP contribution in [0, 0.1) is 5.92 Å². The molecule has 0 saturated heterocycles. The number of hydrogen-bond acceptors (Lipinski definition) is 3. The van der Waals surface area contributed by atoms with E-state index in [1.165, 1.54) is 6.07 Å². The van der Waals surface area contributed by atoms with Crippen molar-refractivity contribution in [3.63, 3.8) is 0 Å². The summed E-state index contributed by atoms with van der Waals surface area (Å²) >= 11 is 0. The van der Waals surface area contributed by atoms with Crippen molar-refractivity contribution in [2.45, 2.75) is 32.0 Å². The molecule has 3 nitrogen and oxygen atoms in total. The quantitative estimate of drug-likeness (QED) is 0.715. The summed E-state index contributed by atoms with van der Waals surface area (Å²) in [7, 11) is 0. The van der Waals surface area contributed by atoms with Crippen molar-refractivity contribution in [3.8, 4) is 0 Å². The van der Waals surface area contributed by atoms with E-state index >= 15 is 0 Å². The molecule has 152 valence electrons. The lowest BCUT2D eigenvalue weighted by atomic mass is 9.81. The number of hydrogen-bond donors (Lipinski definition) is 2. The minimum atomic E-state index is -4.33. The molecule has 0 aromatic heterocycles. The molecule has 2 N–H and O–H groups in total. The number of aliphatic hydroxyl groups is 1. The van der Waals surface area contributed by atoms with Crippen LogP contribution in [-0.2, 0) is 12.6 Å². The van der Waals surface area contributed by atoms with Gasteiger partial charge in [-0.1, -0.05) is 37.3 Å². The van der Waals surface area contributed by atoms with Crippen LogP contribution in [0.25, 0.3) is 0 Å². The minimum absolute atomic E-state index is 0.0540. The van der Waals surface area contributed by atoms with E-state index in [1.807, 2.05) is 25.1 Å². The summed E-state index contributed by atoms with van der Waals surface area (Å²) in [6.45, 7) is 4.42. The fourth-order valence-electron chi connectivity index (χ4n) is 3.97. The third kappa shape index (κ3) is 4.86. The van der Waals surface area contributed by atoms with Gasteiger partial charge >= 0.3 is 6.18 Å². The van der Waals surface area contributed by atoms with Crippen molar-refractivity contribution in [1.29, 1.82) is 0 Å². The van der Waals surface area contributed by atoms with E-state index in [-0.39, 0.29) is 18.6 Å². The molecule has 3 rings (SSSR count). The molecule has 0 saturated carbocycles. The second-order valence-corrected chi connectivity index (χ2v) is 7.31. The fourth-order valence-corrected chi connectivity index (χ4v) is 3.97. The van der Waals surface area contributed by atoms with Gasteiger partial charge < -0.3 is 15.3 Å². The van der Waals surface area contributed by atoms with Crippen LogP contribution in [0.2, 0.25) is 0 Å². The Bertz CT molecular complexity index is 764. The van der Waals surface area contributed by atoms with Crippen molar-refractivity contribution >= 4 is 5.69 Å². The lowest BCUT2D eigenvalue weighted by Crippen LogP contribution is -2.34. The molecule has 28 heavy (non-hydrogen) atoms. The Kier molecular flexibility index (Phi) is 6.62. The molecule has 0 fully saturated rings. The summed E-state index contributed by atoms with van der Waals surface area (Å²) < 4.78 is 39.4. The average Bonchev–Trinajstić information content (AvgIpc) is 2.70. The first-order valence-corrected chi connectivity index (χ1v) is 9.77. The van der Waals surface area contributed by atoms with Gasteiger partial charge in [-0.25, -0.2) is 0 Å². The first-order chi connectivity index (χ1) is 13.4. The van der Waals surface area contributed by atoms with Crippen LogP contribution in [0.1, 0.15) is 36.1 Å². The number of rotatable bonds is 7. The maximum absolute atomic E-state index is 13.1. The molecule has 2 aromatic rings. The average molecular weight is 392 g/mol.